The van der Waals surface area contributed by atoms with Crippen LogP contribution < -0.4 is 5.32 Å². The predicted molar refractivity (Wildman–Crippen MR) is 90.3 cm³/mol. The maximum Gasteiger partial charge on any atom is 0.313 e. The summed E-state index contributed by atoms with van der Waals surface area (Å²) in [5, 5.41) is 2.63. The van der Waals surface area contributed by atoms with E-state index in [0.29, 0.717) is 18.8 Å². The number of para-hydroxylation sites is 1. The molecule has 2 rings (SSSR count). The number of rotatable bonds is 4. The summed E-state index contributed by atoms with van der Waals surface area (Å²) in [6.45, 7) is 2.74. The second kappa shape index (κ2) is 7.75. The summed E-state index contributed by atoms with van der Waals surface area (Å²) in [7, 11) is 0. The number of nitrogens with zero attached hydrogens (tertiary/aromatic N) is 1. The smallest absolute Gasteiger partial charge is 0.313 e. The zero-order chi connectivity index (χ0) is 15.9. The van der Waals surface area contributed by atoms with Crippen molar-refractivity contribution in [3.05, 3.63) is 64.6 Å². The number of carbonyl (C=O) groups excluding carboxylic acids is 2. The minimum Gasteiger partial charge on any atom is -0.330 e. The number of anilines is 1. The van der Waals surface area contributed by atoms with E-state index in [-0.39, 0.29) is 0 Å². The van der Waals surface area contributed by atoms with Crippen LogP contribution in [0.2, 0.25) is 0 Å². The molecule has 0 aliphatic heterocycles. The third-order valence-electron chi connectivity index (χ3n) is 3.20. The fraction of sp³-hybridized carbons (Fsp3) is 0.176. The lowest BCUT2D eigenvalue weighted by Crippen LogP contribution is -2.39. The van der Waals surface area contributed by atoms with Gasteiger partial charge in [0.05, 0.1) is 5.69 Å². The topological polar surface area (TPSA) is 49.4 Å². The Balaban J connectivity index is 2.05. The Kier molecular flexibility index (Phi) is 5.72. The molecule has 0 aliphatic rings. The number of amides is 2. The Morgan fingerprint density at radius 1 is 1.05 bits per heavy atom. The Labute approximate surface area is 138 Å². The molecule has 2 aromatic carbocycles. The van der Waals surface area contributed by atoms with E-state index in [0.717, 1.165) is 10.0 Å². The maximum absolute atomic E-state index is 12.3. The van der Waals surface area contributed by atoms with Crippen molar-refractivity contribution in [1.82, 2.24) is 4.90 Å². The van der Waals surface area contributed by atoms with Crippen molar-refractivity contribution < 1.29 is 9.59 Å². The number of hydrogen-bond acceptors (Lipinski definition) is 2. The van der Waals surface area contributed by atoms with E-state index in [1.807, 2.05) is 49.4 Å². The number of hydrogen-bond donors (Lipinski definition) is 1. The van der Waals surface area contributed by atoms with Crippen LogP contribution in [0.3, 0.4) is 0 Å². The lowest BCUT2D eigenvalue weighted by molar-refractivity contribution is -0.143. The molecule has 0 fully saturated rings. The molecule has 1 N–H and O–H groups in total. The Morgan fingerprint density at radius 3 is 2.32 bits per heavy atom. The van der Waals surface area contributed by atoms with Crippen LogP contribution >= 0.6 is 15.9 Å². The standard InChI is InChI=1S/C17H17BrN2O2/c1-2-20(12-13-8-4-3-5-9-13)17(22)16(21)19-15-11-7-6-10-14(15)18/h3-11H,2,12H2,1H3,(H,19,21). The first kappa shape index (κ1) is 16.2. The van der Waals surface area contributed by atoms with E-state index >= 15 is 0 Å². The third kappa shape index (κ3) is 4.18. The summed E-state index contributed by atoms with van der Waals surface area (Å²) in [6.07, 6.45) is 0. The van der Waals surface area contributed by atoms with Gasteiger partial charge in [-0.3, -0.25) is 9.59 Å². The summed E-state index contributed by atoms with van der Waals surface area (Å²) in [4.78, 5) is 25.9. The molecule has 22 heavy (non-hydrogen) atoms. The van der Waals surface area contributed by atoms with E-state index in [9.17, 15) is 9.59 Å². The van der Waals surface area contributed by atoms with Gasteiger partial charge in [-0.05, 0) is 40.5 Å². The molecule has 0 saturated carbocycles. The summed E-state index contributed by atoms with van der Waals surface area (Å²) in [5.74, 6) is -1.17. The van der Waals surface area contributed by atoms with E-state index < -0.39 is 11.8 Å². The van der Waals surface area contributed by atoms with Crippen molar-refractivity contribution in [2.45, 2.75) is 13.5 Å². The molecule has 0 saturated heterocycles. The molecule has 0 aliphatic carbocycles. The highest BCUT2D eigenvalue weighted by Gasteiger charge is 2.21. The van der Waals surface area contributed by atoms with E-state index in [1.165, 1.54) is 4.90 Å². The van der Waals surface area contributed by atoms with Gasteiger partial charge in [-0.2, -0.15) is 0 Å². The molecular weight excluding hydrogens is 344 g/mol. The van der Waals surface area contributed by atoms with Crippen molar-refractivity contribution in [1.29, 1.82) is 0 Å². The highest BCUT2D eigenvalue weighted by Crippen LogP contribution is 2.21. The van der Waals surface area contributed by atoms with Crippen LogP contribution in [0.5, 0.6) is 0 Å². The number of likely N-dealkylation sites (N-methyl/N-ethyl adjacent to an activating group) is 1. The van der Waals surface area contributed by atoms with E-state index in [1.54, 1.807) is 12.1 Å². The quantitative estimate of drug-likeness (QED) is 0.849. The zero-order valence-corrected chi connectivity index (χ0v) is 13.8. The lowest BCUT2D eigenvalue weighted by atomic mass is 10.2. The van der Waals surface area contributed by atoms with E-state index in [4.69, 9.17) is 0 Å². The normalized spacial score (nSPS) is 10.1. The predicted octanol–water partition coefficient (Wildman–Crippen LogP) is 3.44. The molecule has 0 aromatic heterocycles. The minimum absolute atomic E-state index is 0.416. The Bertz CT molecular complexity index is 659. The van der Waals surface area contributed by atoms with Crippen LogP contribution in [0.15, 0.2) is 59.1 Å². The van der Waals surface area contributed by atoms with Crippen molar-refractivity contribution >= 4 is 33.4 Å². The molecule has 114 valence electrons. The van der Waals surface area contributed by atoms with Gasteiger partial charge in [0.2, 0.25) is 0 Å². The molecule has 0 atom stereocenters. The van der Waals surface area contributed by atoms with Crippen LogP contribution in [0.4, 0.5) is 5.69 Å². The zero-order valence-electron chi connectivity index (χ0n) is 12.3. The first-order chi connectivity index (χ1) is 10.6. The molecule has 0 bridgehead atoms. The first-order valence-corrected chi connectivity index (χ1v) is 7.79. The van der Waals surface area contributed by atoms with Gasteiger partial charge >= 0.3 is 11.8 Å². The van der Waals surface area contributed by atoms with Gasteiger partial charge in [-0.15, -0.1) is 0 Å². The van der Waals surface area contributed by atoms with Crippen LogP contribution in [0.25, 0.3) is 0 Å². The first-order valence-electron chi connectivity index (χ1n) is 7.00. The van der Waals surface area contributed by atoms with Gasteiger partial charge in [0.15, 0.2) is 0 Å². The van der Waals surface area contributed by atoms with Gasteiger partial charge in [0.1, 0.15) is 0 Å². The largest absolute Gasteiger partial charge is 0.330 e. The Morgan fingerprint density at radius 2 is 1.68 bits per heavy atom. The Hall–Kier alpha value is -2.14. The molecule has 0 unspecified atom stereocenters. The second-order valence-electron chi connectivity index (χ2n) is 4.74. The number of halogens is 1. The molecule has 5 heteroatoms. The van der Waals surface area contributed by atoms with Crippen molar-refractivity contribution in [3.8, 4) is 0 Å². The summed E-state index contributed by atoms with van der Waals surface area (Å²) in [6, 6.07) is 16.8. The van der Waals surface area contributed by atoms with Crippen molar-refractivity contribution in [3.63, 3.8) is 0 Å². The molecule has 0 radical (unpaired) electrons. The van der Waals surface area contributed by atoms with Gasteiger partial charge < -0.3 is 10.2 Å². The summed E-state index contributed by atoms with van der Waals surface area (Å²) < 4.78 is 0.738. The maximum atomic E-state index is 12.3. The van der Waals surface area contributed by atoms with Crippen LogP contribution in [0.1, 0.15) is 12.5 Å². The minimum atomic E-state index is -0.635. The van der Waals surface area contributed by atoms with Gasteiger partial charge in [0, 0.05) is 17.6 Å². The second-order valence-corrected chi connectivity index (χ2v) is 5.59. The van der Waals surface area contributed by atoms with Gasteiger partial charge in [-0.25, -0.2) is 0 Å². The number of carbonyl (C=O) groups is 2. The highest BCUT2D eigenvalue weighted by molar-refractivity contribution is 9.10. The summed E-state index contributed by atoms with van der Waals surface area (Å²) >= 11 is 3.34. The highest BCUT2D eigenvalue weighted by atomic mass is 79.9. The molecule has 2 amide bonds. The number of nitrogens with one attached hydrogen (secondary N) is 1. The van der Waals surface area contributed by atoms with Crippen LogP contribution in [-0.4, -0.2) is 23.3 Å². The molecule has 4 nitrogen and oxygen atoms in total. The molecule has 0 heterocycles. The fourth-order valence-electron chi connectivity index (χ4n) is 2.01. The third-order valence-corrected chi connectivity index (χ3v) is 3.89. The van der Waals surface area contributed by atoms with Crippen LogP contribution in [0, 0.1) is 0 Å². The average Bonchev–Trinajstić information content (AvgIpc) is 2.55. The van der Waals surface area contributed by atoms with Crippen molar-refractivity contribution in [2.24, 2.45) is 0 Å². The fourth-order valence-corrected chi connectivity index (χ4v) is 2.40. The SMILES string of the molecule is CCN(Cc1ccccc1)C(=O)C(=O)Nc1ccccc1Br. The molecular formula is C17H17BrN2O2. The molecule has 0 spiro atoms. The number of benzene rings is 2. The monoisotopic (exact) mass is 360 g/mol. The summed E-state index contributed by atoms with van der Waals surface area (Å²) in [5.41, 5.74) is 1.57. The van der Waals surface area contributed by atoms with E-state index in [2.05, 4.69) is 21.2 Å². The van der Waals surface area contributed by atoms with Crippen molar-refractivity contribution in [2.75, 3.05) is 11.9 Å². The average molecular weight is 361 g/mol. The van der Waals surface area contributed by atoms with Crippen LogP contribution in [-0.2, 0) is 16.1 Å². The molecule has 2 aromatic rings. The van der Waals surface area contributed by atoms with Gasteiger partial charge in [0.25, 0.3) is 0 Å². The lowest BCUT2D eigenvalue weighted by Gasteiger charge is -2.20. The van der Waals surface area contributed by atoms with Gasteiger partial charge in [-0.1, -0.05) is 42.5 Å².